The van der Waals surface area contributed by atoms with Crippen molar-refractivity contribution in [3.8, 4) is 17.2 Å². The largest absolute Gasteiger partial charge is 0.497 e. The van der Waals surface area contributed by atoms with Crippen LogP contribution in [0.2, 0.25) is 0 Å². The molecule has 0 saturated carbocycles. The molecule has 0 spiro atoms. The number of hydrogen-bond donors (Lipinski definition) is 2. The highest BCUT2D eigenvalue weighted by molar-refractivity contribution is 5.92. The van der Waals surface area contributed by atoms with Gasteiger partial charge in [-0.1, -0.05) is 12.1 Å². The fourth-order valence-electron chi connectivity index (χ4n) is 3.49. The smallest absolute Gasteiger partial charge is 0.420 e. The van der Waals surface area contributed by atoms with Gasteiger partial charge in [0.25, 0.3) is 0 Å². The molecule has 0 aromatic heterocycles. The van der Waals surface area contributed by atoms with Crippen LogP contribution in [-0.2, 0) is 27.0 Å². The number of amides is 2. The van der Waals surface area contributed by atoms with Crippen LogP contribution in [0.4, 0.5) is 26.3 Å². The Bertz CT molecular complexity index is 1080. The molecule has 2 aromatic carbocycles. The first-order valence-electron chi connectivity index (χ1n) is 10.6. The molecule has 2 N–H and O–H groups in total. The zero-order valence-electron chi connectivity index (χ0n) is 18.9. The quantitative estimate of drug-likeness (QED) is 0.506. The number of ether oxygens (including phenoxy) is 3. The Kier molecular flexibility index (Phi) is 8.02. The van der Waals surface area contributed by atoms with E-state index in [-0.39, 0.29) is 37.7 Å². The first-order chi connectivity index (χ1) is 16.8. The molecule has 196 valence electrons. The summed E-state index contributed by atoms with van der Waals surface area (Å²) in [5.41, 5.74) is -2.12. The first-order valence-corrected chi connectivity index (χ1v) is 10.6. The SMILES string of the molecule is COc1ccc(Oc2ccc(CNC(=O)C3(NC(=O)CC(F)(F)F)CCOC3)cc2)c(C(F)(F)F)c1. The Balaban J connectivity index is 1.64. The van der Waals surface area contributed by atoms with Crippen LogP contribution in [0.1, 0.15) is 24.0 Å². The second kappa shape index (κ2) is 10.6. The van der Waals surface area contributed by atoms with Gasteiger partial charge in [0.2, 0.25) is 11.8 Å². The van der Waals surface area contributed by atoms with Gasteiger partial charge in [-0.3, -0.25) is 9.59 Å². The number of benzene rings is 2. The summed E-state index contributed by atoms with van der Waals surface area (Å²) in [5.74, 6) is -2.38. The number of hydrogen-bond acceptors (Lipinski definition) is 5. The van der Waals surface area contributed by atoms with Crippen molar-refractivity contribution < 1.29 is 50.1 Å². The molecular formula is C23H22F6N2O5. The van der Waals surface area contributed by atoms with E-state index < -0.39 is 47.4 Å². The zero-order valence-corrected chi connectivity index (χ0v) is 18.9. The third-order valence-electron chi connectivity index (χ3n) is 5.29. The minimum Gasteiger partial charge on any atom is -0.497 e. The summed E-state index contributed by atoms with van der Waals surface area (Å²) in [5, 5.41) is 4.67. The Morgan fingerprint density at radius 1 is 1.03 bits per heavy atom. The Morgan fingerprint density at radius 2 is 1.69 bits per heavy atom. The molecular weight excluding hydrogens is 498 g/mol. The van der Waals surface area contributed by atoms with Gasteiger partial charge in [0.1, 0.15) is 34.8 Å². The number of rotatable bonds is 8. The van der Waals surface area contributed by atoms with E-state index in [0.29, 0.717) is 5.56 Å². The van der Waals surface area contributed by atoms with E-state index in [0.717, 1.165) is 12.1 Å². The molecule has 1 atom stereocenters. The molecule has 0 bridgehead atoms. The number of halogens is 6. The van der Waals surface area contributed by atoms with Gasteiger partial charge < -0.3 is 24.8 Å². The lowest BCUT2D eigenvalue weighted by molar-refractivity contribution is -0.156. The van der Waals surface area contributed by atoms with E-state index in [4.69, 9.17) is 14.2 Å². The van der Waals surface area contributed by atoms with Crippen LogP contribution in [0.15, 0.2) is 42.5 Å². The molecule has 1 unspecified atom stereocenters. The van der Waals surface area contributed by atoms with E-state index >= 15 is 0 Å². The topological polar surface area (TPSA) is 85.9 Å². The molecule has 1 aliphatic heterocycles. The van der Waals surface area contributed by atoms with Crippen molar-refractivity contribution in [1.82, 2.24) is 10.6 Å². The summed E-state index contributed by atoms with van der Waals surface area (Å²) < 4.78 is 92.9. The molecule has 0 radical (unpaired) electrons. The molecule has 2 aromatic rings. The summed E-state index contributed by atoms with van der Waals surface area (Å²) in [7, 11) is 1.24. The van der Waals surface area contributed by atoms with Crippen LogP contribution in [0, 0.1) is 0 Å². The van der Waals surface area contributed by atoms with Crippen molar-refractivity contribution in [2.24, 2.45) is 0 Å². The summed E-state index contributed by atoms with van der Waals surface area (Å²) in [6.45, 7) is -0.262. The van der Waals surface area contributed by atoms with Gasteiger partial charge in [-0.15, -0.1) is 0 Å². The van der Waals surface area contributed by atoms with Crippen molar-refractivity contribution in [3.63, 3.8) is 0 Å². The lowest BCUT2D eigenvalue weighted by atomic mass is 9.96. The van der Waals surface area contributed by atoms with E-state index in [1.165, 1.54) is 37.4 Å². The third kappa shape index (κ3) is 7.03. The Hall–Kier alpha value is -3.48. The average molecular weight is 520 g/mol. The molecule has 1 aliphatic rings. The predicted molar refractivity (Wildman–Crippen MR) is 113 cm³/mol. The maximum absolute atomic E-state index is 13.4. The minimum atomic E-state index is -4.72. The highest BCUT2D eigenvalue weighted by Gasteiger charge is 2.45. The summed E-state index contributed by atoms with van der Waals surface area (Å²) in [6.07, 6.45) is -11.1. The molecule has 1 heterocycles. The van der Waals surface area contributed by atoms with Crippen LogP contribution in [0.3, 0.4) is 0 Å². The number of carbonyl (C=O) groups excluding carboxylic acids is 2. The van der Waals surface area contributed by atoms with Crippen molar-refractivity contribution in [2.75, 3.05) is 20.3 Å². The van der Waals surface area contributed by atoms with Crippen LogP contribution >= 0.6 is 0 Å². The number of carbonyl (C=O) groups is 2. The number of nitrogens with one attached hydrogen (secondary N) is 2. The standard InChI is InChI=1S/C23H22F6N2O5/c1-34-16-6-7-18(17(10-16)23(27,28)29)36-15-4-2-14(3-5-15)12-30-20(33)21(8-9-35-13-21)31-19(32)11-22(24,25)26/h2-7,10H,8-9,11-13H2,1H3,(H,30,33)(H,31,32). The first kappa shape index (κ1) is 27.1. The lowest BCUT2D eigenvalue weighted by Crippen LogP contribution is -2.59. The van der Waals surface area contributed by atoms with Gasteiger partial charge in [0.05, 0.1) is 13.7 Å². The Morgan fingerprint density at radius 3 is 2.25 bits per heavy atom. The van der Waals surface area contributed by atoms with Gasteiger partial charge in [-0.25, -0.2) is 0 Å². The minimum absolute atomic E-state index is 0.00138. The van der Waals surface area contributed by atoms with Gasteiger partial charge in [0.15, 0.2) is 0 Å². The van der Waals surface area contributed by atoms with Gasteiger partial charge in [-0.05, 0) is 35.9 Å². The third-order valence-corrected chi connectivity index (χ3v) is 5.29. The van der Waals surface area contributed by atoms with Crippen molar-refractivity contribution >= 4 is 11.8 Å². The monoisotopic (exact) mass is 520 g/mol. The van der Waals surface area contributed by atoms with E-state index in [2.05, 4.69) is 10.6 Å². The number of methoxy groups -OCH3 is 1. The van der Waals surface area contributed by atoms with Crippen molar-refractivity contribution in [1.29, 1.82) is 0 Å². The highest BCUT2D eigenvalue weighted by atomic mass is 19.4. The van der Waals surface area contributed by atoms with E-state index in [1.807, 2.05) is 0 Å². The van der Waals surface area contributed by atoms with E-state index in [1.54, 1.807) is 0 Å². The molecule has 36 heavy (non-hydrogen) atoms. The Labute approximate surface area is 201 Å². The molecule has 0 aliphatic carbocycles. The van der Waals surface area contributed by atoms with Gasteiger partial charge >= 0.3 is 12.4 Å². The van der Waals surface area contributed by atoms with Crippen molar-refractivity contribution in [2.45, 2.75) is 37.3 Å². The second-order valence-electron chi connectivity index (χ2n) is 8.01. The van der Waals surface area contributed by atoms with Gasteiger partial charge in [-0.2, -0.15) is 26.3 Å². The van der Waals surface area contributed by atoms with Crippen molar-refractivity contribution in [3.05, 3.63) is 53.6 Å². The molecule has 2 amide bonds. The molecule has 1 fully saturated rings. The van der Waals surface area contributed by atoms with Crippen LogP contribution < -0.4 is 20.1 Å². The maximum Gasteiger partial charge on any atom is 0.420 e. The summed E-state index contributed by atoms with van der Waals surface area (Å²) >= 11 is 0. The molecule has 13 heteroatoms. The summed E-state index contributed by atoms with van der Waals surface area (Å²) in [4.78, 5) is 24.5. The fourth-order valence-corrected chi connectivity index (χ4v) is 3.49. The average Bonchev–Trinajstić information content (AvgIpc) is 3.26. The predicted octanol–water partition coefficient (Wildman–Crippen LogP) is 4.35. The zero-order chi connectivity index (χ0) is 26.6. The van der Waals surface area contributed by atoms with Crippen LogP contribution in [-0.4, -0.2) is 43.9 Å². The summed E-state index contributed by atoms with van der Waals surface area (Å²) in [6, 6.07) is 9.04. The van der Waals surface area contributed by atoms with Gasteiger partial charge in [0, 0.05) is 19.6 Å². The maximum atomic E-state index is 13.4. The fraction of sp³-hybridized carbons (Fsp3) is 0.391. The molecule has 1 saturated heterocycles. The molecule has 7 nitrogen and oxygen atoms in total. The molecule has 3 rings (SSSR count). The number of alkyl halides is 6. The lowest BCUT2D eigenvalue weighted by Gasteiger charge is -2.27. The van der Waals surface area contributed by atoms with E-state index in [9.17, 15) is 35.9 Å². The van der Waals surface area contributed by atoms with Crippen LogP contribution in [0.25, 0.3) is 0 Å². The van der Waals surface area contributed by atoms with Crippen LogP contribution in [0.5, 0.6) is 17.2 Å². The second-order valence-corrected chi connectivity index (χ2v) is 8.01. The normalized spacial score (nSPS) is 18.0. The highest BCUT2D eigenvalue weighted by Crippen LogP contribution is 2.40.